The molecular formula is C28H33N7O5S. The van der Waals surface area contributed by atoms with Crippen molar-refractivity contribution >= 4 is 38.2 Å². The molecule has 3 atom stereocenters. The van der Waals surface area contributed by atoms with Gasteiger partial charge in [0.2, 0.25) is 5.88 Å². The number of ether oxygens (including phenoxy) is 2. The maximum atomic E-state index is 12.3. The number of pyridine rings is 3. The lowest BCUT2D eigenvalue weighted by Crippen LogP contribution is -2.43. The summed E-state index contributed by atoms with van der Waals surface area (Å²) in [5.74, 6) is 0.990. The van der Waals surface area contributed by atoms with Crippen molar-refractivity contribution in [1.29, 1.82) is 0 Å². The van der Waals surface area contributed by atoms with E-state index in [1.54, 1.807) is 31.5 Å². The first-order chi connectivity index (χ1) is 19.5. The Kier molecular flexibility index (Phi) is 7.52. The van der Waals surface area contributed by atoms with Crippen LogP contribution in [-0.2, 0) is 20.1 Å². The van der Waals surface area contributed by atoms with Crippen molar-refractivity contribution < 1.29 is 22.7 Å². The van der Waals surface area contributed by atoms with Gasteiger partial charge in [-0.25, -0.2) is 28.2 Å². The molecule has 216 valence electrons. The Balaban J connectivity index is 1.51. The topological polar surface area (TPSA) is 169 Å². The molecule has 0 spiro atoms. The third-order valence-corrected chi connectivity index (χ3v) is 10.5. The van der Waals surface area contributed by atoms with Crippen LogP contribution in [0.25, 0.3) is 21.2 Å². The number of sulfone groups is 1. The summed E-state index contributed by atoms with van der Waals surface area (Å²) < 4.78 is 35.9. The van der Waals surface area contributed by atoms with E-state index in [0.29, 0.717) is 59.0 Å². The molecule has 3 aromatic rings. The Morgan fingerprint density at radius 3 is 2.61 bits per heavy atom. The lowest BCUT2D eigenvalue weighted by Gasteiger charge is -2.34. The molecular weight excluding hydrogens is 546 g/mol. The molecule has 2 aliphatic rings. The summed E-state index contributed by atoms with van der Waals surface area (Å²) in [6, 6.07) is 5.22. The van der Waals surface area contributed by atoms with Crippen molar-refractivity contribution in [3.63, 3.8) is 0 Å². The van der Waals surface area contributed by atoms with E-state index < -0.39 is 20.6 Å². The van der Waals surface area contributed by atoms with Crippen molar-refractivity contribution in [2.75, 3.05) is 11.1 Å². The molecule has 1 aliphatic heterocycles. The second-order valence-corrected chi connectivity index (χ2v) is 13.4. The minimum absolute atomic E-state index is 0.0704. The van der Waals surface area contributed by atoms with Gasteiger partial charge in [-0.05, 0) is 54.9 Å². The second kappa shape index (κ2) is 10.8. The highest BCUT2D eigenvalue weighted by Crippen LogP contribution is 2.40. The number of anilines is 2. The van der Waals surface area contributed by atoms with Gasteiger partial charge >= 0.3 is 5.97 Å². The third-order valence-electron chi connectivity index (χ3n) is 8.34. The average Bonchev–Trinajstić information content (AvgIpc) is 2.93. The predicted octanol–water partition coefficient (Wildman–Crippen LogP) is 5.71. The summed E-state index contributed by atoms with van der Waals surface area (Å²) in [5.41, 5.74) is 10.2. The standard InChI is InChI=1S/C28H33N7O5S/c1-6-28(5,34-35-29)22-14-31-26(40-17-10-18(11-17)41(37,38)7-2)21-13-30-24(12-20(21)22)32-23-9-8-19-25(33-23)15(3)16(4)39-27(19)36/h8-9,12-18H,6-7,10-11H2,1-5H3,(H,30,32,33)/t15-,16-,17?,18?,28+/m0/s1. The monoisotopic (exact) mass is 579 g/mol. The quantitative estimate of drug-likeness (QED) is 0.144. The molecule has 3 aromatic heterocycles. The van der Waals surface area contributed by atoms with E-state index in [-0.39, 0.29) is 29.8 Å². The zero-order chi connectivity index (χ0) is 29.5. The van der Waals surface area contributed by atoms with Crippen LogP contribution in [0.3, 0.4) is 0 Å². The zero-order valence-electron chi connectivity index (χ0n) is 23.7. The molecule has 0 amide bonds. The molecule has 0 bridgehead atoms. The number of hydrogen-bond acceptors (Lipinski definition) is 10. The highest BCUT2D eigenvalue weighted by molar-refractivity contribution is 7.92. The molecule has 5 rings (SSSR count). The lowest BCUT2D eigenvalue weighted by atomic mass is 9.88. The molecule has 1 fully saturated rings. The normalized spacial score (nSPS) is 23.4. The van der Waals surface area contributed by atoms with Crippen molar-refractivity contribution in [3.8, 4) is 5.88 Å². The number of azide groups is 1. The van der Waals surface area contributed by atoms with E-state index in [4.69, 9.17) is 14.5 Å². The minimum Gasteiger partial charge on any atom is -0.474 e. The molecule has 0 radical (unpaired) electrons. The number of carbonyl (C=O) groups is 1. The number of nitrogens with one attached hydrogen (secondary N) is 1. The maximum Gasteiger partial charge on any atom is 0.340 e. The predicted molar refractivity (Wildman–Crippen MR) is 154 cm³/mol. The van der Waals surface area contributed by atoms with Crippen LogP contribution in [0.4, 0.5) is 11.6 Å². The van der Waals surface area contributed by atoms with Crippen LogP contribution in [-0.4, -0.2) is 52.5 Å². The van der Waals surface area contributed by atoms with E-state index in [0.717, 1.165) is 5.39 Å². The Labute approximate surface area is 238 Å². The number of nitrogens with zero attached hydrogens (tertiary/aromatic N) is 6. The van der Waals surface area contributed by atoms with Crippen LogP contribution in [0, 0.1) is 0 Å². The van der Waals surface area contributed by atoms with Gasteiger partial charge in [-0.3, -0.25) is 0 Å². The first kappa shape index (κ1) is 28.6. The van der Waals surface area contributed by atoms with Crippen molar-refractivity contribution in [2.24, 2.45) is 5.11 Å². The van der Waals surface area contributed by atoms with E-state index in [1.165, 1.54) is 0 Å². The SMILES string of the molecule is CC[C@@](C)(N=[N+]=[N-])c1cnc(OC2CC(S(=O)(=O)CC)C2)c2cnc(Nc3ccc4c(n3)[C@@H](C)[C@H](C)OC4=O)cc12. The Morgan fingerprint density at radius 2 is 1.93 bits per heavy atom. The molecule has 13 heteroatoms. The fourth-order valence-electron chi connectivity index (χ4n) is 5.17. The summed E-state index contributed by atoms with van der Waals surface area (Å²) in [4.78, 5) is 29.2. The second-order valence-electron chi connectivity index (χ2n) is 10.8. The van der Waals surface area contributed by atoms with Gasteiger partial charge in [0, 0.05) is 41.8 Å². The molecule has 1 aliphatic carbocycles. The van der Waals surface area contributed by atoms with Crippen LogP contribution < -0.4 is 10.1 Å². The van der Waals surface area contributed by atoms with Gasteiger partial charge in [-0.2, -0.15) is 0 Å². The van der Waals surface area contributed by atoms with E-state index in [1.807, 2.05) is 33.8 Å². The number of cyclic esters (lactones) is 1. The lowest BCUT2D eigenvalue weighted by molar-refractivity contribution is 0.0235. The minimum atomic E-state index is -3.11. The Bertz CT molecular complexity index is 1670. The summed E-state index contributed by atoms with van der Waals surface area (Å²) in [5, 5.41) is 8.25. The fraction of sp³-hybridized carbons (Fsp3) is 0.500. The number of rotatable bonds is 9. The highest BCUT2D eigenvalue weighted by Gasteiger charge is 2.40. The van der Waals surface area contributed by atoms with E-state index >= 15 is 0 Å². The number of fused-ring (bicyclic) bond motifs is 2. The Morgan fingerprint density at radius 1 is 1.17 bits per heavy atom. The fourth-order valence-corrected chi connectivity index (χ4v) is 6.66. The van der Waals surface area contributed by atoms with Crippen molar-refractivity contribution in [3.05, 3.63) is 57.9 Å². The average molecular weight is 580 g/mol. The summed E-state index contributed by atoms with van der Waals surface area (Å²) >= 11 is 0. The summed E-state index contributed by atoms with van der Waals surface area (Å²) in [7, 11) is -3.11. The van der Waals surface area contributed by atoms with Crippen LogP contribution in [0.15, 0.2) is 35.7 Å². The zero-order valence-corrected chi connectivity index (χ0v) is 24.5. The van der Waals surface area contributed by atoms with Gasteiger partial charge in [0.15, 0.2) is 9.84 Å². The molecule has 41 heavy (non-hydrogen) atoms. The van der Waals surface area contributed by atoms with Gasteiger partial charge in [0.25, 0.3) is 0 Å². The molecule has 0 aromatic carbocycles. The number of hydrogen-bond donors (Lipinski definition) is 1. The Hall–Kier alpha value is -3.96. The molecule has 1 saturated carbocycles. The number of aromatic nitrogens is 3. The van der Waals surface area contributed by atoms with E-state index in [9.17, 15) is 18.7 Å². The van der Waals surface area contributed by atoms with Crippen molar-refractivity contribution in [2.45, 2.75) is 82.8 Å². The first-order valence-corrected chi connectivity index (χ1v) is 15.4. The highest BCUT2D eigenvalue weighted by atomic mass is 32.2. The molecule has 12 nitrogen and oxygen atoms in total. The molecule has 0 saturated heterocycles. The van der Waals surface area contributed by atoms with Gasteiger partial charge < -0.3 is 14.8 Å². The van der Waals surface area contributed by atoms with Gasteiger partial charge in [-0.15, -0.1) is 0 Å². The largest absolute Gasteiger partial charge is 0.474 e. The summed E-state index contributed by atoms with van der Waals surface area (Å²) in [6.45, 7) is 9.23. The van der Waals surface area contributed by atoms with Gasteiger partial charge in [0.05, 0.1) is 27.4 Å². The summed E-state index contributed by atoms with van der Waals surface area (Å²) in [6.07, 6.45) is 4.06. The molecule has 0 unspecified atom stereocenters. The van der Waals surface area contributed by atoms with Crippen LogP contribution in [0.2, 0.25) is 0 Å². The molecule has 4 heterocycles. The van der Waals surface area contributed by atoms with Crippen LogP contribution in [0.1, 0.15) is 81.4 Å². The first-order valence-electron chi connectivity index (χ1n) is 13.7. The van der Waals surface area contributed by atoms with Gasteiger partial charge in [-0.1, -0.05) is 25.9 Å². The smallest absolute Gasteiger partial charge is 0.340 e. The number of esters is 1. The van der Waals surface area contributed by atoms with Crippen LogP contribution in [0.5, 0.6) is 5.88 Å². The molecule has 1 N–H and O–H groups in total. The third kappa shape index (κ3) is 5.27. The van der Waals surface area contributed by atoms with Gasteiger partial charge in [0.1, 0.15) is 23.8 Å². The van der Waals surface area contributed by atoms with Crippen LogP contribution >= 0.6 is 0 Å². The number of carbonyl (C=O) groups excluding carboxylic acids is 1. The maximum absolute atomic E-state index is 12.3. The van der Waals surface area contributed by atoms with Crippen molar-refractivity contribution in [1.82, 2.24) is 15.0 Å². The van der Waals surface area contributed by atoms with E-state index in [2.05, 4.69) is 25.3 Å².